The zero-order chi connectivity index (χ0) is 14.9. The van der Waals surface area contributed by atoms with Crippen molar-refractivity contribution in [3.05, 3.63) is 29.3 Å². The van der Waals surface area contributed by atoms with Crippen LogP contribution in [0.3, 0.4) is 0 Å². The number of hydrogen-bond acceptors (Lipinski definition) is 3. The van der Waals surface area contributed by atoms with Crippen molar-refractivity contribution < 1.29 is 14.6 Å². The van der Waals surface area contributed by atoms with E-state index in [0.717, 1.165) is 23.3 Å². The lowest BCUT2D eigenvalue weighted by Gasteiger charge is -2.21. The smallest absolute Gasteiger partial charge is 0.325 e. The van der Waals surface area contributed by atoms with Crippen LogP contribution >= 0.6 is 0 Å². The third-order valence-electron chi connectivity index (χ3n) is 3.41. The normalized spacial score (nSPS) is 17.6. The van der Waals surface area contributed by atoms with Gasteiger partial charge in [-0.2, -0.15) is 0 Å². The molecule has 20 heavy (non-hydrogen) atoms. The fourth-order valence-electron chi connectivity index (χ4n) is 2.55. The van der Waals surface area contributed by atoms with Crippen LogP contribution in [0, 0.1) is 5.92 Å². The topological polar surface area (TPSA) is 58.6 Å². The molecule has 1 atom stereocenters. The van der Waals surface area contributed by atoms with Crippen LogP contribution in [-0.4, -0.2) is 23.2 Å². The third-order valence-corrected chi connectivity index (χ3v) is 3.41. The van der Waals surface area contributed by atoms with Gasteiger partial charge >= 0.3 is 5.97 Å². The van der Waals surface area contributed by atoms with Crippen molar-refractivity contribution >= 4 is 5.97 Å². The van der Waals surface area contributed by atoms with Crippen LogP contribution in [0.15, 0.2) is 18.2 Å². The van der Waals surface area contributed by atoms with E-state index in [4.69, 9.17) is 4.74 Å². The molecule has 1 aromatic rings. The average molecular weight is 277 g/mol. The maximum absolute atomic E-state index is 11.6. The maximum Gasteiger partial charge on any atom is 0.325 e. The van der Waals surface area contributed by atoms with Crippen LogP contribution in [0.1, 0.15) is 44.9 Å². The highest BCUT2D eigenvalue weighted by atomic mass is 16.5. The van der Waals surface area contributed by atoms with Gasteiger partial charge < -0.3 is 15.2 Å². The first-order chi connectivity index (χ1) is 9.30. The lowest BCUT2D eigenvalue weighted by atomic mass is 9.98. The minimum Gasteiger partial charge on any atom is -0.487 e. The van der Waals surface area contributed by atoms with Crippen molar-refractivity contribution in [1.82, 2.24) is 5.32 Å². The molecule has 110 valence electrons. The Kier molecular flexibility index (Phi) is 4.04. The first-order valence-corrected chi connectivity index (χ1v) is 7.07. The number of rotatable bonds is 5. The van der Waals surface area contributed by atoms with Gasteiger partial charge in [0, 0.05) is 12.0 Å². The molecule has 0 spiro atoms. The van der Waals surface area contributed by atoms with Crippen molar-refractivity contribution in [3.8, 4) is 5.75 Å². The summed E-state index contributed by atoms with van der Waals surface area (Å²) in [6.07, 6.45) is 0.812. The second-order valence-electron chi connectivity index (χ2n) is 6.45. The molecule has 0 aromatic heterocycles. The molecule has 0 saturated carbocycles. The summed E-state index contributed by atoms with van der Waals surface area (Å²) in [6, 6.07) is 5.04. The Labute approximate surface area is 120 Å². The van der Waals surface area contributed by atoms with Crippen molar-refractivity contribution in [2.75, 3.05) is 6.54 Å². The number of carboxylic acids is 1. The molecular weight excluding hydrogens is 254 g/mol. The fourth-order valence-corrected chi connectivity index (χ4v) is 2.55. The number of benzene rings is 1. The number of hydrogen-bond donors (Lipinski definition) is 2. The van der Waals surface area contributed by atoms with Gasteiger partial charge in [-0.05, 0) is 31.9 Å². The van der Waals surface area contributed by atoms with Gasteiger partial charge in [0.05, 0.1) is 0 Å². The molecule has 1 unspecified atom stereocenters. The maximum atomic E-state index is 11.6. The van der Waals surface area contributed by atoms with Crippen LogP contribution in [0.2, 0.25) is 0 Å². The van der Waals surface area contributed by atoms with Crippen LogP contribution in [0.5, 0.6) is 5.75 Å². The van der Waals surface area contributed by atoms with Crippen molar-refractivity contribution in [1.29, 1.82) is 0 Å². The number of nitrogens with one attached hydrogen (secondary N) is 1. The van der Waals surface area contributed by atoms with E-state index in [1.807, 2.05) is 32.0 Å². The molecule has 0 radical (unpaired) electrons. The van der Waals surface area contributed by atoms with Crippen molar-refractivity contribution in [3.63, 3.8) is 0 Å². The Balaban J connectivity index is 2.32. The molecule has 0 amide bonds. The van der Waals surface area contributed by atoms with E-state index >= 15 is 0 Å². The molecule has 1 aliphatic rings. The monoisotopic (exact) mass is 277 g/mol. The number of ether oxygens (including phenoxy) is 1. The molecule has 0 saturated heterocycles. The SMILES string of the molecule is CC(C)CNC(C(=O)O)c1cccc2c1OC(C)(C)C2. The molecule has 0 aliphatic carbocycles. The highest BCUT2D eigenvalue weighted by Crippen LogP contribution is 2.40. The Bertz CT molecular complexity index is 508. The van der Waals surface area contributed by atoms with Crippen LogP contribution in [0.4, 0.5) is 0 Å². The van der Waals surface area contributed by atoms with Crippen LogP contribution in [0.25, 0.3) is 0 Å². The lowest BCUT2D eigenvalue weighted by Crippen LogP contribution is -2.32. The highest BCUT2D eigenvalue weighted by molar-refractivity contribution is 5.77. The van der Waals surface area contributed by atoms with Crippen LogP contribution < -0.4 is 10.1 Å². The van der Waals surface area contributed by atoms with E-state index in [9.17, 15) is 9.90 Å². The molecule has 1 aromatic carbocycles. The first kappa shape index (κ1) is 14.9. The van der Waals surface area contributed by atoms with Gasteiger partial charge in [0.1, 0.15) is 17.4 Å². The minimum atomic E-state index is -0.868. The second kappa shape index (κ2) is 5.44. The summed E-state index contributed by atoms with van der Waals surface area (Å²) in [6.45, 7) is 8.81. The predicted molar refractivity (Wildman–Crippen MR) is 78.1 cm³/mol. The molecule has 2 rings (SSSR count). The van der Waals surface area contributed by atoms with Gasteiger partial charge in [0.2, 0.25) is 0 Å². The van der Waals surface area contributed by atoms with Crippen molar-refractivity contribution in [2.24, 2.45) is 5.92 Å². The average Bonchev–Trinajstić information content (AvgIpc) is 2.63. The van der Waals surface area contributed by atoms with E-state index in [-0.39, 0.29) is 5.60 Å². The van der Waals surface area contributed by atoms with E-state index in [1.54, 1.807) is 0 Å². The van der Waals surface area contributed by atoms with Gasteiger partial charge in [-0.3, -0.25) is 4.79 Å². The lowest BCUT2D eigenvalue weighted by molar-refractivity contribution is -0.139. The van der Waals surface area contributed by atoms with Crippen molar-refractivity contribution in [2.45, 2.75) is 45.8 Å². The molecule has 2 N–H and O–H groups in total. The van der Waals surface area contributed by atoms with E-state index in [1.165, 1.54) is 0 Å². The largest absolute Gasteiger partial charge is 0.487 e. The zero-order valence-electron chi connectivity index (χ0n) is 12.6. The Morgan fingerprint density at radius 3 is 2.75 bits per heavy atom. The first-order valence-electron chi connectivity index (χ1n) is 7.07. The summed E-state index contributed by atoms with van der Waals surface area (Å²) in [5, 5.41) is 12.6. The predicted octanol–water partition coefficient (Wildman–Crippen LogP) is 2.77. The summed E-state index contributed by atoms with van der Waals surface area (Å²) < 4.78 is 5.96. The van der Waals surface area contributed by atoms with Gasteiger partial charge in [-0.15, -0.1) is 0 Å². The van der Waals surface area contributed by atoms with Gasteiger partial charge in [0.15, 0.2) is 0 Å². The summed E-state index contributed by atoms with van der Waals surface area (Å²) in [7, 11) is 0. The quantitative estimate of drug-likeness (QED) is 0.869. The number of carbonyl (C=O) groups is 1. The molecule has 1 aliphatic heterocycles. The molecule has 1 heterocycles. The van der Waals surface area contributed by atoms with Crippen LogP contribution in [-0.2, 0) is 11.2 Å². The number of para-hydroxylation sites is 1. The Morgan fingerprint density at radius 2 is 2.15 bits per heavy atom. The summed E-state index contributed by atoms with van der Waals surface area (Å²) >= 11 is 0. The minimum absolute atomic E-state index is 0.264. The number of carboxylic acid groups (broad SMARTS) is 1. The van der Waals surface area contributed by atoms with E-state index in [0.29, 0.717) is 12.5 Å². The zero-order valence-corrected chi connectivity index (χ0v) is 12.6. The highest BCUT2D eigenvalue weighted by Gasteiger charge is 2.34. The molecule has 0 bridgehead atoms. The molecule has 0 fully saturated rings. The van der Waals surface area contributed by atoms with Gasteiger partial charge in [0.25, 0.3) is 0 Å². The third kappa shape index (κ3) is 3.12. The van der Waals surface area contributed by atoms with Gasteiger partial charge in [-0.25, -0.2) is 0 Å². The molecule has 4 heteroatoms. The second-order valence-corrected chi connectivity index (χ2v) is 6.45. The number of aliphatic carboxylic acids is 1. The van der Waals surface area contributed by atoms with Gasteiger partial charge in [-0.1, -0.05) is 32.0 Å². The fraction of sp³-hybridized carbons (Fsp3) is 0.562. The summed E-state index contributed by atoms with van der Waals surface area (Å²) in [4.78, 5) is 11.6. The summed E-state index contributed by atoms with van der Waals surface area (Å²) in [5.74, 6) is 0.263. The van der Waals surface area contributed by atoms with E-state index in [2.05, 4.69) is 19.2 Å². The van der Waals surface area contributed by atoms with E-state index < -0.39 is 12.0 Å². The summed E-state index contributed by atoms with van der Waals surface area (Å²) in [5.41, 5.74) is 1.55. The molecular formula is C16H23NO3. The Morgan fingerprint density at radius 1 is 1.45 bits per heavy atom. The molecule has 4 nitrogen and oxygen atoms in total. The Hall–Kier alpha value is -1.55. The standard InChI is InChI=1S/C16H23NO3/c1-10(2)9-17-13(15(18)19)12-7-5-6-11-8-16(3,4)20-14(11)12/h5-7,10,13,17H,8-9H2,1-4H3,(H,18,19). The number of fused-ring (bicyclic) bond motifs is 1.